The van der Waals surface area contributed by atoms with E-state index in [1.54, 1.807) is 17.0 Å². The molecule has 0 unspecified atom stereocenters. The van der Waals surface area contributed by atoms with Crippen molar-refractivity contribution in [2.24, 2.45) is 0 Å². The first-order chi connectivity index (χ1) is 10.5. The van der Waals surface area contributed by atoms with Crippen molar-refractivity contribution in [3.63, 3.8) is 0 Å². The highest BCUT2D eigenvalue weighted by Crippen LogP contribution is 2.25. The van der Waals surface area contributed by atoms with Crippen molar-refractivity contribution in [1.29, 1.82) is 0 Å². The molecule has 0 aromatic heterocycles. The van der Waals surface area contributed by atoms with Crippen LogP contribution in [0.3, 0.4) is 0 Å². The number of nitrogens with zero attached hydrogens (tertiary/aromatic N) is 1. The molecule has 0 aliphatic carbocycles. The Morgan fingerprint density at radius 2 is 1.95 bits per heavy atom. The van der Waals surface area contributed by atoms with Gasteiger partial charge in [-0.1, -0.05) is 23.2 Å². The first-order valence-electron chi connectivity index (χ1n) is 7.04. The Morgan fingerprint density at radius 1 is 1.27 bits per heavy atom. The molecular weight excluding hydrogens is 329 g/mol. The summed E-state index contributed by atoms with van der Waals surface area (Å²) < 4.78 is 5.30. The fourth-order valence-electron chi connectivity index (χ4n) is 2.48. The normalized spacial score (nSPS) is 15.5. The van der Waals surface area contributed by atoms with Crippen molar-refractivity contribution in [3.8, 4) is 0 Å². The van der Waals surface area contributed by atoms with Crippen LogP contribution < -0.4 is 0 Å². The third-order valence-corrected chi connectivity index (χ3v) is 4.18. The van der Waals surface area contributed by atoms with E-state index in [4.69, 9.17) is 33.0 Å². The zero-order valence-electron chi connectivity index (χ0n) is 11.9. The maximum Gasteiger partial charge on any atom is 0.305 e. The Bertz CT molecular complexity index is 558. The van der Waals surface area contributed by atoms with Crippen molar-refractivity contribution in [3.05, 3.63) is 33.8 Å². The molecule has 1 aliphatic rings. The zero-order valence-corrected chi connectivity index (χ0v) is 13.4. The van der Waals surface area contributed by atoms with Crippen LogP contribution in [0.25, 0.3) is 0 Å². The predicted molar refractivity (Wildman–Crippen MR) is 83.6 cm³/mol. The lowest BCUT2D eigenvalue weighted by Crippen LogP contribution is -2.44. The standard InChI is InChI=1S/C15H17Cl2NO4/c16-10-1-2-13(17)12(9-10)15(21)18(6-3-14(19)20)11-4-7-22-8-5-11/h1-2,9,11H,3-8H2,(H,19,20). The molecule has 0 bridgehead atoms. The molecule has 1 N–H and O–H groups in total. The van der Waals surface area contributed by atoms with Crippen molar-refractivity contribution in [2.45, 2.75) is 25.3 Å². The molecule has 0 spiro atoms. The summed E-state index contributed by atoms with van der Waals surface area (Å²) in [6.07, 6.45) is 1.26. The van der Waals surface area contributed by atoms with Crippen molar-refractivity contribution in [1.82, 2.24) is 4.90 Å². The van der Waals surface area contributed by atoms with Gasteiger partial charge in [-0.05, 0) is 31.0 Å². The van der Waals surface area contributed by atoms with E-state index in [0.717, 1.165) is 0 Å². The summed E-state index contributed by atoms with van der Waals surface area (Å²) in [5.74, 6) is -1.23. The van der Waals surface area contributed by atoms with Crippen LogP contribution in [0.4, 0.5) is 0 Å². The Morgan fingerprint density at radius 3 is 2.59 bits per heavy atom. The summed E-state index contributed by atoms with van der Waals surface area (Å²) in [6, 6.07) is 4.64. The molecule has 22 heavy (non-hydrogen) atoms. The highest BCUT2D eigenvalue weighted by atomic mass is 35.5. The van der Waals surface area contributed by atoms with Crippen LogP contribution in [0.5, 0.6) is 0 Å². The molecule has 0 atom stereocenters. The van der Waals surface area contributed by atoms with E-state index >= 15 is 0 Å². The van der Waals surface area contributed by atoms with Gasteiger partial charge in [0.2, 0.25) is 0 Å². The van der Waals surface area contributed by atoms with E-state index in [0.29, 0.717) is 41.7 Å². The van der Waals surface area contributed by atoms with Crippen molar-refractivity contribution in [2.75, 3.05) is 19.8 Å². The van der Waals surface area contributed by atoms with Crippen molar-refractivity contribution >= 4 is 35.1 Å². The van der Waals surface area contributed by atoms with Gasteiger partial charge >= 0.3 is 5.97 Å². The molecule has 120 valence electrons. The molecule has 1 saturated heterocycles. The minimum atomic E-state index is -0.943. The van der Waals surface area contributed by atoms with Crippen LogP contribution in [-0.2, 0) is 9.53 Å². The second-order valence-electron chi connectivity index (χ2n) is 5.11. The molecule has 1 fully saturated rings. The molecule has 0 saturated carbocycles. The first kappa shape index (κ1) is 17.1. The number of rotatable bonds is 5. The predicted octanol–water partition coefficient (Wildman–Crippen LogP) is 3.09. The molecule has 0 radical (unpaired) electrons. The number of hydrogen-bond acceptors (Lipinski definition) is 3. The van der Waals surface area contributed by atoms with Crippen molar-refractivity contribution < 1.29 is 19.4 Å². The largest absolute Gasteiger partial charge is 0.481 e. The first-order valence-corrected chi connectivity index (χ1v) is 7.80. The molecular formula is C15H17Cl2NO4. The molecule has 2 rings (SSSR count). The van der Waals surface area contributed by atoms with Gasteiger partial charge in [-0.3, -0.25) is 9.59 Å². The molecule has 7 heteroatoms. The maximum atomic E-state index is 12.8. The summed E-state index contributed by atoms with van der Waals surface area (Å²) in [6.45, 7) is 1.26. The smallest absolute Gasteiger partial charge is 0.305 e. The monoisotopic (exact) mass is 345 g/mol. The summed E-state index contributed by atoms with van der Waals surface area (Å²) in [5, 5.41) is 9.62. The number of amides is 1. The van der Waals surface area contributed by atoms with E-state index in [-0.39, 0.29) is 24.9 Å². The number of benzene rings is 1. The average Bonchev–Trinajstić information content (AvgIpc) is 2.50. The van der Waals surface area contributed by atoms with Gasteiger partial charge < -0.3 is 14.7 Å². The van der Waals surface area contributed by atoms with Crippen LogP contribution in [0.15, 0.2) is 18.2 Å². The van der Waals surface area contributed by atoms with Crippen LogP contribution in [0, 0.1) is 0 Å². The topological polar surface area (TPSA) is 66.8 Å². The average molecular weight is 346 g/mol. The number of halogens is 2. The Labute approximate surface area is 138 Å². The Hall–Kier alpha value is -1.30. The molecule has 5 nitrogen and oxygen atoms in total. The second-order valence-corrected chi connectivity index (χ2v) is 5.95. The highest BCUT2D eigenvalue weighted by molar-refractivity contribution is 6.35. The van der Waals surface area contributed by atoms with Gasteiger partial charge in [-0.25, -0.2) is 0 Å². The van der Waals surface area contributed by atoms with E-state index in [2.05, 4.69) is 0 Å². The summed E-state index contributed by atoms with van der Waals surface area (Å²) in [5.41, 5.74) is 0.297. The molecule has 1 heterocycles. The maximum absolute atomic E-state index is 12.8. The lowest BCUT2D eigenvalue weighted by Gasteiger charge is -2.34. The number of carbonyl (C=O) groups excluding carboxylic acids is 1. The number of carboxylic acid groups (broad SMARTS) is 1. The third-order valence-electron chi connectivity index (χ3n) is 3.62. The lowest BCUT2D eigenvalue weighted by molar-refractivity contribution is -0.137. The van der Waals surface area contributed by atoms with E-state index in [1.807, 2.05) is 0 Å². The minimum absolute atomic E-state index is 0.0457. The minimum Gasteiger partial charge on any atom is -0.481 e. The van der Waals surface area contributed by atoms with E-state index in [1.165, 1.54) is 6.07 Å². The molecule has 1 aliphatic heterocycles. The summed E-state index contributed by atoms with van der Waals surface area (Å²) >= 11 is 12.0. The van der Waals surface area contributed by atoms with Gasteiger partial charge in [0.1, 0.15) is 0 Å². The molecule has 1 amide bonds. The second kappa shape index (κ2) is 7.81. The Balaban J connectivity index is 2.23. The van der Waals surface area contributed by atoms with Gasteiger partial charge in [-0.15, -0.1) is 0 Å². The molecule has 1 aromatic carbocycles. The fourth-order valence-corrected chi connectivity index (χ4v) is 2.85. The van der Waals surface area contributed by atoms with E-state index in [9.17, 15) is 9.59 Å². The number of carbonyl (C=O) groups is 2. The highest BCUT2D eigenvalue weighted by Gasteiger charge is 2.28. The van der Waals surface area contributed by atoms with Gasteiger partial charge in [0.05, 0.1) is 17.0 Å². The van der Waals surface area contributed by atoms with Gasteiger partial charge in [0.15, 0.2) is 0 Å². The van der Waals surface area contributed by atoms with Gasteiger partial charge in [0.25, 0.3) is 5.91 Å². The lowest BCUT2D eigenvalue weighted by atomic mass is 10.0. The number of ether oxygens (including phenoxy) is 1. The van der Waals surface area contributed by atoms with Gasteiger partial charge in [-0.2, -0.15) is 0 Å². The quantitative estimate of drug-likeness (QED) is 0.890. The Kier molecular flexibility index (Phi) is 6.06. The summed E-state index contributed by atoms with van der Waals surface area (Å²) in [4.78, 5) is 25.2. The van der Waals surface area contributed by atoms with Crippen LogP contribution in [0.1, 0.15) is 29.6 Å². The number of carboxylic acids is 1. The van der Waals surface area contributed by atoms with E-state index < -0.39 is 5.97 Å². The fraction of sp³-hybridized carbons (Fsp3) is 0.467. The zero-order chi connectivity index (χ0) is 16.1. The summed E-state index contributed by atoms with van der Waals surface area (Å²) in [7, 11) is 0. The van der Waals surface area contributed by atoms with Crippen LogP contribution in [-0.4, -0.2) is 47.7 Å². The SMILES string of the molecule is O=C(O)CCN(C(=O)c1cc(Cl)ccc1Cl)C1CCOCC1. The molecule has 1 aromatic rings. The number of hydrogen-bond donors (Lipinski definition) is 1. The van der Waals surface area contributed by atoms with Crippen LogP contribution in [0.2, 0.25) is 10.0 Å². The van der Waals surface area contributed by atoms with Gasteiger partial charge in [0, 0.05) is 30.8 Å². The third kappa shape index (κ3) is 4.35. The number of aliphatic carboxylic acids is 1. The van der Waals surface area contributed by atoms with Crippen LogP contribution >= 0.6 is 23.2 Å².